The van der Waals surface area contributed by atoms with Crippen LogP contribution in [0.1, 0.15) is 42.5 Å². The summed E-state index contributed by atoms with van der Waals surface area (Å²) in [6, 6.07) is 9.17. The first kappa shape index (κ1) is 16.2. The van der Waals surface area contributed by atoms with Crippen LogP contribution in [0.5, 0.6) is 0 Å². The maximum Gasteiger partial charge on any atom is 0.257 e. The van der Waals surface area contributed by atoms with Gasteiger partial charge in [-0.3, -0.25) is 10.1 Å². The fraction of sp³-hybridized carbons (Fsp3) is 0.312. The lowest BCUT2D eigenvalue weighted by Crippen LogP contribution is -2.34. The second-order valence-electron chi connectivity index (χ2n) is 6.06. The van der Waals surface area contributed by atoms with E-state index < -0.39 is 0 Å². The molecule has 0 aliphatic rings. The first-order valence-electron chi connectivity index (χ1n) is 6.92. The summed E-state index contributed by atoms with van der Waals surface area (Å²) in [4.78, 5) is 12.1. The number of nitrogens with one attached hydrogen (secondary N) is 2. The molecule has 0 bridgehead atoms. The van der Waals surface area contributed by atoms with E-state index >= 15 is 0 Å². The van der Waals surface area contributed by atoms with Crippen LogP contribution in [0.25, 0.3) is 0 Å². The van der Waals surface area contributed by atoms with Gasteiger partial charge in [0.05, 0.1) is 0 Å². The predicted octanol–water partition coefficient (Wildman–Crippen LogP) is 3.41. The molecule has 0 aliphatic heterocycles. The van der Waals surface area contributed by atoms with Crippen molar-refractivity contribution in [2.45, 2.75) is 33.1 Å². The lowest BCUT2D eigenvalue weighted by molar-refractivity contribution is 0.0977. The van der Waals surface area contributed by atoms with Crippen molar-refractivity contribution in [2.75, 3.05) is 5.32 Å². The number of aromatic nitrogens is 1. The van der Waals surface area contributed by atoms with E-state index in [9.17, 15) is 4.79 Å². The topological polar surface area (TPSA) is 67.2 Å². The van der Waals surface area contributed by atoms with Crippen molar-refractivity contribution in [3.63, 3.8) is 0 Å². The first-order chi connectivity index (χ1) is 10.3. The molecular formula is C16H19N3O2S. The quantitative estimate of drug-likeness (QED) is 0.831. The highest BCUT2D eigenvalue weighted by molar-refractivity contribution is 7.80. The molecule has 1 aromatic heterocycles. The van der Waals surface area contributed by atoms with E-state index in [4.69, 9.17) is 16.7 Å². The maximum atomic E-state index is 12.1. The standard InChI is InChI=1S/C16H19N3O2S/c1-10-9-13(19-21-10)17-15(22)18-14(20)11-5-7-12(8-6-11)16(2,3)4/h5-9H,1-4H3,(H2,17,18,19,20,22). The van der Waals surface area contributed by atoms with Gasteiger partial charge in [-0.05, 0) is 42.3 Å². The number of anilines is 1. The number of benzene rings is 1. The highest BCUT2D eigenvalue weighted by Crippen LogP contribution is 2.22. The summed E-state index contributed by atoms with van der Waals surface area (Å²) < 4.78 is 4.92. The van der Waals surface area contributed by atoms with Crippen LogP contribution in [0.4, 0.5) is 5.82 Å². The van der Waals surface area contributed by atoms with Gasteiger partial charge in [-0.15, -0.1) is 0 Å². The number of rotatable bonds is 2. The molecule has 0 saturated heterocycles. The van der Waals surface area contributed by atoms with E-state index in [0.29, 0.717) is 17.1 Å². The van der Waals surface area contributed by atoms with E-state index in [-0.39, 0.29) is 16.4 Å². The van der Waals surface area contributed by atoms with E-state index in [0.717, 1.165) is 0 Å². The van der Waals surface area contributed by atoms with Crippen LogP contribution in [0, 0.1) is 6.92 Å². The molecule has 0 aliphatic carbocycles. The molecule has 0 atom stereocenters. The van der Waals surface area contributed by atoms with Gasteiger partial charge in [-0.1, -0.05) is 38.1 Å². The monoisotopic (exact) mass is 317 g/mol. The summed E-state index contributed by atoms with van der Waals surface area (Å²) in [6.07, 6.45) is 0. The average molecular weight is 317 g/mol. The molecule has 0 radical (unpaired) electrons. The number of aryl methyl sites for hydroxylation is 1. The molecule has 2 aromatic rings. The molecule has 6 heteroatoms. The summed E-state index contributed by atoms with van der Waals surface area (Å²) in [7, 11) is 0. The number of thiocarbonyl (C=S) groups is 1. The van der Waals surface area contributed by atoms with Crippen LogP contribution in [0.3, 0.4) is 0 Å². The Labute approximate surface area is 135 Å². The molecule has 22 heavy (non-hydrogen) atoms. The van der Waals surface area contributed by atoms with Gasteiger partial charge in [0.1, 0.15) is 5.76 Å². The van der Waals surface area contributed by atoms with Crippen molar-refractivity contribution in [3.8, 4) is 0 Å². The second kappa shape index (κ2) is 6.27. The molecule has 5 nitrogen and oxygen atoms in total. The van der Waals surface area contributed by atoms with Crippen molar-refractivity contribution in [3.05, 3.63) is 47.2 Å². The fourth-order valence-electron chi connectivity index (χ4n) is 1.87. The Bertz CT molecular complexity index is 684. The van der Waals surface area contributed by atoms with Gasteiger partial charge in [0, 0.05) is 11.6 Å². The number of hydrogen-bond donors (Lipinski definition) is 2. The van der Waals surface area contributed by atoms with Gasteiger partial charge in [-0.2, -0.15) is 0 Å². The van der Waals surface area contributed by atoms with Crippen molar-refractivity contribution >= 4 is 29.1 Å². The first-order valence-corrected chi connectivity index (χ1v) is 7.33. The summed E-state index contributed by atoms with van der Waals surface area (Å²) in [6.45, 7) is 8.15. The Balaban J connectivity index is 1.98. The second-order valence-corrected chi connectivity index (χ2v) is 6.47. The maximum absolute atomic E-state index is 12.1. The zero-order chi connectivity index (χ0) is 16.3. The van der Waals surface area contributed by atoms with Crippen LogP contribution < -0.4 is 10.6 Å². The number of hydrogen-bond acceptors (Lipinski definition) is 4. The van der Waals surface area contributed by atoms with Crippen molar-refractivity contribution in [1.82, 2.24) is 10.5 Å². The van der Waals surface area contributed by atoms with Crippen LogP contribution >= 0.6 is 12.2 Å². The van der Waals surface area contributed by atoms with Gasteiger partial charge < -0.3 is 9.84 Å². The number of nitrogens with zero attached hydrogens (tertiary/aromatic N) is 1. The molecule has 2 rings (SSSR count). The molecule has 116 valence electrons. The summed E-state index contributed by atoms with van der Waals surface area (Å²) >= 11 is 5.08. The molecule has 0 unspecified atom stereocenters. The van der Waals surface area contributed by atoms with Crippen LogP contribution in [-0.4, -0.2) is 16.2 Å². The van der Waals surface area contributed by atoms with Crippen molar-refractivity contribution < 1.29 is 9.32 Å². The normalized spacial score (nSPS) is 11.1. The third-order valence-electron chi connectivity index (χ3n) is 3.11. The SMILES string of the molecule is Cc1cc(NC(=S)NC(=O)c2ccc(C(C)(C)C)cc2)no1. The van der Waals surface area contributed by atoms with Crippen molar-refractivity contribution in [2.24, 2.45) is 0 Å². The molecule has 0 saturated carbocycles. The zero-order valence-electron chi connectivity index (χ0n) is 13.1. The van der Waals surface area contributed by atoms with E-state index in [1.54, 1.807) is 25.1 Å². The Hall–Kier alpha value is -2.21. The summed E-state index contributed by atoms with van der Waals surface area (Å²) in [5.41, 5.74) is 1.77. The summed E-state index contributed by atoms with van der Waals surface area (Å²) in [5, 5.41) is 9.33. The minimum atomic E-state index is -0.266. The summed E-state index contributed by atoms with van der Waals surface area (Å²) in [5.74, 6) is 0.860. The molecule has 1 aromatic carbocycles. The Morgan fingerprint density at radius 3 is 2.36 bits per heavy atom. The van der Waals surface area contributed by atoms with Crippen LogP contribution in [0.2, 0.25) is 0 Å². The van der Waals surface area contributed by atoms with Gasteiger partial charge in [0.2, 0.25) is 0 Å². The lowest BCUT2D eigenvalue weighted by Gasteiger charge is -2.19. The van der Waals surface area contributed by atoms with Crippen molar-refractivity contribution in [1.29, 1.82) is 0 Å². The zero-order valence-corrected chi connectivity index (χ0v) is 13.9. The Morgan fingerprint density at radius 1 is 1.23 bits per heavy atom. The van der Waals surface area contributed by atoms with Crippen LogP contribution in [0.15, 0.2) is 34.9 Å². The molecule has 0 spiro atoms. The van der Waals surface area contributed by atoms with E-state index in [1.807, 2.05) is 12.1 Å². The number of amides is 1. The molecule has 1 amide bonds. The minimum absolute atomic E-state index is 0.0523. The van der Waals surface area contributed by atoms with Gasteiger partial charge in [0.25, 0.3) is 5.91 Å². The molecule has 0 fully saturated rings. The third kappa shape index (κ3) is 4.14. The van der Waals surface area contributed by atoms with Gasteiger partial charge in [-0.25, -0.2) is 0 Å². The fourth-order valence-corrected chi connectivity index (χ4v) is 2.07. The lowest BCUT2D eigenvalue weighted by atomic mass is 9.87. The molecule has 2 N–H and O–H groups in total. The Kier molecular flexibility index (Phi) is 4.61. The number of carbonyl (C=O) groups is 1. The van der Waals surface area contributed by atoms with Gasteiger partial charge in [0.15, 0.2) is 10.9 Å². The predicted molar refractivity (Wildman–Crippen MR) is 90.1 cm³/mol. The Morgan fingerprint density at radius 2 is 1.86 bits per heavy atom. The smallest absolute Gasteiger partial charge is 0.257 e. The highest BCUT2D eigenvalue weighted by atomic mass is 32.1. The molecular weight excluding hydrogens is 298 g/mol. The minimum Gasteiger partial charge on any atom is -0.360 e. The van der Waals surface area contributed by atoms with E-state index in [2.05, 4.69) is 36.6 Å². The average Bonchev–Trinajstić information content (AvgIpc) is 2.83. The van der Waals surface area contributed by atoms with Gasteiger partial charge >= 0.3 is 0 Å². The highest BCUT2D eigenvalue weighted by Gasteiger charge is 2.15. The van der Waals surface area contributed by atoms with Crippen LogP contribution in [-0.2, 0) is 5.41 Å². The van der Waals surface area contributed by atoms with E-state index in [1.165, 1.54) is 5.56 Å². The third-order valence-corrected chi connectivity index (χ3v) is 3.31. The molecule has 1 heterocycles. The number of carbonyl (C=O) groups excluding carboxylic acids is 1. The largest absolute Gasteiger partial charge is 0.360 e.